The van der Waals surface area contributed by atoms with E-state index in [-0.39, 0.29) is 29.9 Å². The van der Waals surface area contributed by atoms with Crippen LogP contribution in [0.25, 0.3) is 0 Å². The maximum Gasteiger partial charge on any atom is 0.165 e. The summed E-state index contributed by atoms with van der Waals surface area (Å²) in [6.45, 7) is -0.00283. The third-order valence-electron chi connectivity index (χ3n) is 8.67. The van der Waals surface area contributed by atoms with Crippen molar-refractivity contribution < 1.29 is 40.1 Å². The number of nitrogens with zero attached hydrogens (tertiary/aromatic N) is 1. The van der Waals surface area contributed by atoms with Crippen molar-refractivity contribution in [1.82, 2.24) is 4.90 Å². The van der Waals surface area contributed by atoms with Crippen molar-refractivity contribution in [3.05, 3.63) is 34.9 Å². The van der Waals surface area contributed by atoms with Crippen molar-refractivity contribution in [2.45, 2.75) is 60.4 Å². The van der Waals surface area contributed by atoms with Gasteiger partial charge in [0.25, 0.3) is 0 Å². The van der Waals surface area contributed by atoms with Crippen molar-refractivity contribution >= 4 is 0 Å². The summed E-state index contributed by atoms with van der Waals surface area (Å²) in [5, 5.41) is 64.8. The van der Waals surface area contributed by atoms with Crippen LogP contribution in [0.15, 0.2) is 18.2 Å². The summed E-state index contributed by atoms with van der Waals surface area (Å²) in [7, 11) is 2.04. The molecule has 1 aromatic carbocycles. The van der Waals surface area contributed by atoms with Gasteiger partial charge in [-0.25, -0.2) is 0 Å². The second-order valence-electron chi connectivity index (χ2n) is 9.95. The zero-order valence-electron chi connectivity index (χ0n) is 17.8. The van der Waals surface area contributed by atoms with Gasteiger partial charge >= 0.3 is 0 Å². The molecule has 0 unspecified atom stereocenters. The number of phenols is 1. The summed E-state index contributed by atoms with van der Waals surface area (Å²) in [6, 6.07) is 1.41. The van der Waals surface area contributed by atoms with E-state index < -0.39 is 48.1 Å². The molecule has 2 bridgehead atoms. The minimum absolute atomic E-state index is 0.0578. The second-order valence-corrected chi connectivity index (χ2v) is 9.95. The standard InChI is InChI=1S/C23H29NO8/c1-24-5-4-22-11-2-3-14(26)21(22)32-19-15(27)7-12(10(18(19)22)6-13(11)24)23(30)17(28)9-31-16(8-25)20(23)29/h2-3,7,11,13-14,16-17,20-21,25-30H,4-6,8-9H2,1H3/t11-,13+,14-,16+,17-,20+,21-,22-,23+/m0/s1. The Kier molecular flexibility index (Phi) is 4.34. The van der Waals surface area contributed by atoms with Crippen molar-refractivity contribution in [3.63, 3.8) is 0 Å². The van der Waals surface area contributed by atoms with Gasteiger partial charge in [0.05, 0.1) is 13.2 Å². The highest BCUT2D eigenvalue weighted by atomic mass is 16.5. The first-order chi connectivity index (χ1) is 15.2. The van der Waals surface area contributed by atoms with E-state index in [2.05, 4.69) is 4.90 Å². The second kappa shape index (κ2) is 6.66. The Labute approximate surface area is 185 Å². The summed E-state index contributed by atoms with van der Waals surface area (Å²) in [6.07, 6.45) is -0.516. The third-order valence-corrected chi connectivity index (χ3v) is 8.67. The summed E-state index contributed by atoms with van der Waals surface area (Å²) in [4.78, 5) is 2.25. The van der Waals surface area contributed by atoms with Crippen LogP contribution >= 0.6 is 0 Å². The van der Waals surface area contributed by atoms with Crippen LogP contribution in [0.4, 0.5) is 0 Å². The number of benzene rings is 1. The fourth-order valence-electron chi connectivity index (χ4n) is 7.09. The Balaban J connectivity index is 1.62. The fourth-order valence-corrected chi connectivity index (χ4v) is 7.09. The molecule has 9 nitrogen and oxygen atoms in total. The lowest BCUT2D eigenvalue weighted by Crippen LogP contribution is -2.66. The van der Waals surface area contributed by atoms with Crippen molar-refractivity contribution in [2.75, 3.05) is 26.8 Å². The number of likely N-dealkylation sites (tertiary alicyclic amines) is 1. The number of aromatic hydroxyl groups is 1. The highest BCUT2D eigenvalue weighted by Crippen LogP contribution is 2.64. The Morgan fingerprint density at radius 3 is 2.75 bits per heavy atom. The lowest BCUT2D eigenvalue weighted by Gasteiger charge is -2.57. The number of rotatable bonds is 2. The maximum atomic E-state index is 11.7. The Bertz CT molecular complexity index is 999. The molecule has 0 saturated carbocycles. The number of aliphatic hydroxyl groups excluding tert-OH is 4. The van der Waals surface area contributed by atoms with Crippen LogP contribution in [0.3, 0.4) is 0 Å². The first-order valence-corrected chi connectivity index (χ1v) is 11.2. The summed E-state index contributed by atoms with van der Waals surface area (Å²) in [5.41, 5.74) is -1.02. The van der Waals surface area contributed by atoms with Crippen molar-refractivity contribution in [3.8, 4) is 11.5 Å². The first-order valence-electron chi connectivity index (χ1n) is 11.2. The van der Waals surface area contributed by atoms with Gasteiger partial charge in [0.15, 0.2) is 11.5 Å². The van der Waals surface area contributed by atoms with Crippen LogP contribution in [-0.4, -0.2) is 98.9 Å². The molecule has 6 rings (SSSR count). The van der Waals surface area contributed by atoms with E-state index >= 15 is 0 Å². The van der Waals surface area contributed by atoms with Crippen LogP contribution in [0.5, 0.6) is 11.5 Å². The van der Waals surface area contributed by atoms with Gasteiger partial charge in [-0.1, -0.05) is 12.2 Å². The van der Waals surface area contributed by atoms with E-state index in [0.717, 1.165) is 17.7 Å². The van der Waals surface area contributed by atoms with E-state index in [1.165, 1.54) is 6.07 Å². The minimum atomic E-state index is -2.15. The molecule has 6 N–H and O–H groups in total. The molecule has 1 aromatic rings. The van der Waals surface area contributed by atoms with Gasteiger partial charge in [-0.15, -0.1) is 0 Å². The summed E-state index contributed by atoms with van der Waals surface area (Å²) >= 11 is 0. The zero-order chi connectivity index (χ0) is 22.6. The summed E-state index contributed by atoms with van der Waals surface area (Å²) in [5.74, 6) is 0.163. The predicted octanol–water partition coefficient (Wildman–Crippen LogP) is -1.50. The van der Waals surface area contributed by atoms with E-state index in [1.807, 2.05) is 13.1 Å². The smallest absolute Gasteiger partial charge is 0.165 e. The molecule has 174 valence electrons. The number of ether oxygens (including phenoxy) is 2. The highest BCUT2D eigenvalue weighted by molar-refractivity contribution is 5.65. The van der Waals surface area contributed by atoms with Gasteiger partial charge in [-0.05, 0) is 43.6 Å². The van der Waals surface area contributed by atoms with Gasteiger partial charge < -0.3 is 45.0 Å². The number of hydrogen-bond acceptors (Lipinski definition) is 9. The van der Waals surface area contributed by atoms with Crippen molar-refractivity contribution in [1.29, 1.82) is 0 Å². The van der Waals surface area contributed by atoms with Gasteiger partial charge in [-0.2, -0.15) is 0 Å². The average Bonchev–Trinajstić information content (AvgIpc) is 3.13. The maximum absolute atomic E-state index is 11.7. The van der Waals surface area contributed by atoms with Gasteiger partial charge in [0.2, 0.25) is 0 Å². The molecule has 0 amide bonds. The molecular formula is C23H29NO8. The topological polar surface area (TPSA) is 143 Å². The van der Waals surface area contributed by atoms with Crippen LogP contribution < -0.4 is 4.74 Å². The monoisotopic (exact) mass is 447 g/mol. The van der Waals surface area contributed by atoms with E-state index in [1.54, 1.807) is 6.08 Å². The predicted molar refractivity (Wildman–Crippen MR) is 110 cm³/mol. The SMILES string of the molecule is CN1CC[C@]23c4c5c([C@]6(O)[C@H](O)[C@@H](CO)OC[C@@H]6O)cc(O)c4O[C@H]2[C@@H](O)C=C[C@H]3[C@H]1C5. The van der Waals surface area contributed by atoms with Crippen LogP contribution in [0.2, 0.25) is 0 Å². The van der Waals surface area contributed by atoms with Crippen molar-refractivity contribution in [2.24, 2.45) is 5.92 Å². The van der Waals surface area contributed by atoms with E-state index in [9.17, 15) is 30.6 Å². The first kappa shape index (κ1) is 20.9. The zero-order valence-corrected chi connectivity index (χ0v) is 17.8. The number of likely N-dealkylation sites (N-methyl/N-ethyl adjacent to an activating group) is 1. The van der Waals surface area contributed by atoms with Gasteiger partial charge in [0.1, 0.15) is 36.1 Å². The molecule has 9 heteroatoms. The molecule has 1 spiro atoms. The lowest BCUT2D eigenvalue weighted by molar-refractivity contribution is -0.253. The molecule has 0 radical (unpaired) electrons. The van der Waals surface area contributed by atoms with Crippen LogP contribution in [-0.2, 0) is 22.2 Å². The molecule has 3 heterocycles. The lowest BCUT2D eigenvalue weighted by atomic mass is 9.52. The molecule has 0 aromatic heterocycles. The molecule has 32 heavy (non-hydrogen) atoms. The van der Waals surface area contributed by atoms with Gasteiger partial charge in [-0.3, -0.25) is 0 Å². The third kappa shape index (κ3) is 2.27. The molecule has 2 fully saturated rings. The molecule has 2 aliphatic carbocycles. The van der Waals surface area contributed by atoms with E-state index in [0.29, 0.717) is 18.6 Å². The molecule has 5 aliphatic rings. The number of aliphatic hydroxyl groups is 5. The highest BCUT2D eigenvalue weighted by Gasteiger charge is 2.66. The van der Waals surface area contributed by atoms with Crippen LogP contribution in [0.1, 0.15) is 23.1 Å². The minimum Gasteiger partial charge on any atom is -0.504 e. The van der Waals surface area contributed by atoms with Crippen LogP contribution in [0, 0.1) is 5.92 Å². The average molecular weight is 447 g/mol. The Hall–Kier alpha value is -1.72. The quantitative estimate of drug-likeness (QED) is 0.299. The Morgan fingerprint density at radius 2 is 2.00 bits per heavy atom. The number of piperidine rings is 1. The molecular weight excluding hydrogens is 418 g/mol. The van der Waals surface area contributed by atoms with Gasteiger partial charge in [0, 0.05) is 22.9 Å². The molecule has 2 saturated heterocycles. The normalized spacial score (nSPS) is 46.6. The molecule has 3 aliphatic heterocycles. The largest absolute Gasteiger partial charge is 0.504 e. The molecule has 9 atom stereocenters. The summed E-state index contributed by atoms with van der Waals surface area (Å²) < 4.78 is 11.5. The Morgan fingerprint density at radius 1 is 1.22 bits per heavy atom. The number of hydrogen-bond donors (Lipinski definition) is 6. The number of phenolic OH excluding ortho intramolecular Hbond substituents is 1. The fraction of sp³-hybridized carbons (Fsp3) is 0.652. The van der Waals surface area contributed by atoms with E-state index in [4.69, 9.17) is 9.47 Å².